The summed E-state index contributed by atoms with van der Waals surface area (Å²) in [5.41, 5.74) is 0. The van der Waals surface area contributed by atoms with Crippen molar-refractivity contribution in [2.24, 2.45) is 11.8 Å². The molecular formula is C14H24N2O2. The molecule has 1 aliphatic rings. The zero-order valence-electron chi connectivity index (χ0n) is 11.7. The van der Waals surface area contributed by atoms with E-state index in [1.54, 1.807) is 7.11 Å². The van der Waals surface area contributed by atoms with E-state index in [1.165, 1.54) is 12.8 Å². The van der Waals surface area contributed by atoms with Crippen LogP contribution in [0.2, 0.25) is 0 Å². The van der Waals surface area contributed by atoms with Gasteiger partial charge in [-0.1, -0.05) is 13.3 Å². The fourth-order valence-corrected chi connectivity index (χ4v) is 2.27. The average Bonchev–Trinajstić information content (AvgIpc) is 3.20. The third kappa shape index (κ3) is 3.99. The lowest BCUT2D eigenvalue weighted by Crippen LogP contribution is -2.44. The summed E-state index contributed by atoms with van der Waals surface area (Å²) in [7, 11) is 1.64. The smallest absolute Gasteiger partial charge is 0.240 e. The summed E-state index contributed by atoms with van der Waals surface area (Å²) < 4.78 is 5.07. The molecule has 0 aromatic rings. The molecule has 0 spiro atoms. The second-order valence-corrected chi connectivity index (χ2v) is 5.07. The van der Waals surface area contributed by atoms with Gasteiger partial charge in [-0.15, -0.1) is 0 Å². The van der Waals surface area contributed by atoms with Gasteiger partial charge in [-0.05, 0) is 32.1 Å². The molecule has 102 valence electrons. The van der Waals surface area contributed by atoms with Gasteiger partial charge >= 0.3 is 0 Å². The number of hydrogen-bond donors (Lipinski definition) is 0. The molecule has 0 radical (unpaired) electrons. The Bertz CT molecular complexity index is 307. The molecule has 1 rings (SSSR count). The molecule has 0 saturated heterocycles. The highest BCUT2D eigenvalue weighted by atomic mass is 16.5. The van der Waals surface area contributed by atoms with E-state index in [0.717, 1.165) is 6.42 Å². The van der Waals surface area contributed by atoms with Crippen LogP contribution in [0, 0.1) is 23.2 Å². The fraction of sp³-hybridized carbons (Fsp3) is 0.857. The van der Waals surface area contributed by atoms with E-state index in [-0.39, 0.29) is 11.9 Å². The lowest BCUT2D eigenvalue weighted by Gasteiger charge is -2.30. The molecule has 1 saturated carbocycles. The van der Waals surface area contributed by atoms with Gasteiger partial charge in [0.1, 0.15) is 5.92 Å². The Hall–Kier alpha value is -1.08. The van der Waals surface area contributed by atoms with Crippen molar-refractivity contribution in [3.05, 3.63) is 0 Å². The van der Waals surface area contributed by atoms with Crippen LogP contribution in [-0.2, 0) is 9.53 Å². The van der Waals surface area contributed by atoms with Crippen LogP contribution in [-0.4, -0.2) is 37.1 Å². The van der Waals surface area contributed by atoms with Gasteiger partial charge in [-0.3, -0.25) is 4.79 Å². The molecule has 1 amide bonds. The van der Waals surface area contributed by atoms with Crippen molar-refractivity contribution >= 4 is 5.91 Å². The summed E-state index contributed by atoms with van der Waals surface area (Å²) in [4.78, 5) is 14.2. The number of carbonyl (C=O) groups excluding carboxylic acids is 1. The van der Waals surface area contributed by atoms with Crippen LogP contribution < -0.4 is 0 Å². The van der Waals surface area contributed by atoms with Crippen LogP contribution in [0.5, 0.6) is 0 Å². The molecular weight excluding hydrogens is 228 g/mol. The maximum absolute atomic E-state index is 12.4. The van der Waals surface area contributed by atoms with Crippen molar-refractivity contribution in [2.75, 3.05) is 20.3 Å². The zero-order chi connectivity index (χ0) is 13.5. The highest BCUT2D eigenvalue weighted by molar-refractivity contribution is 5.81. The minimum absolute atomic E-state index is 0.0178. The second kappa shape index (κ2) is 7.38. The summed E-state index contributed by atoms with van der Waals surface area (Å²) in [6, 6.07) is 2.38. The molecule has 2 atom stereocenters. The number of hydrogen-bond acceptors (Lipinski definition) is 3. The van der Waals surface area contributed by atoms with Gasteiger partial charge in [0.05, 0.1) is 12.7 Å². The first-order chi connectivity index (χ1) is 8.65. The topological polar surface area (TPSA) is 53.3 Å². The quantitative estimate of drug-likeness (QED) is 0.665. The van der Waals surface area contributed by atoms with E-state index in [4.69, 9.17) is 10.00 Å². The average molecular weight is 252 g/mol. The molecule has 0 N–H and O–H groups in total. The van der Waals surface area contributed by atoms with Gasteiger partial charge < -0.3 is 9.64 Å². The normalized spacial score (nSPS) is 17.9. The largest absolute Gasteiger partial charge is 0.383 e. The molecule has 1 fully saturated rings. The molecule has 0 aromatic carbocycles. The molecule has 2 unspecified atom stereocenters. The maximum atomic E-state index is 12.4. The maximum Gasteiger partial charge on any atom is 0.240 e. The van der Waals surface area contributed by atoms with Crippen LogP contribution in [0.4, 0.5) is 0 Å². The Kier molecular flexibility index (Phi) is 6.14. The van der Waals surface area contributed by atoms with E-state index in [0.29, 0.717) is 25.5 Å². The van der Waals surface area contributed by atoms with Crippen LogP contribution in [0.15, 0.2) is 0 Å². The fourth-order valence-electron chi connectivity index (χ4n) is 2.27. The predicted molar refractivity (Wildman–Crippen MR) is 69.8 cm³/mol. The predicted octanol–water partition coefficient (Wildman–Crippen LogP) is 2.20. The lowest BCUT2D eigenvalue weighted by molar-refractivity contribution is -0.137. The highest BCUT2D eigenvalue weighted by Gasteiger charge is 2.36. The van der Waals surface area contributed by atoms with Crippen molar-refractivity contribution in [2.45, 2.75) is 45.6 Å². The van der Waals surface area contributed by atoms with E-state index in [1.807, 2.05) is 11.8 Å². The van der Waals surface area contributed by atoms with Gasteiger partial charge in [-0.25, -0.2) is 0 Å². The second-order valence-electron chi connectivity index (χ2n) is 5.07. The van der Waals surface area contributed by atoms with E-state index >= 15 is 0 Å². The SMILES string of the molecule is CCCC(C#N)C(=O)N(CCOC)C(C)C1CC1. The lowest BCUT2D eigenvalue weighted by atomic mass is 10.0. The Morgan fingerprint density at radius 2 is 2.22 bits per heavy atom. The molecule has 0 aromatic heterocycles. The van der Waals surface area contributed by atoms with Crippen LogP contribution >= 0.6 is 0 Å². The first-order valence-corrected chi connectivity index (χ1v) is 6.84. The third-order valence-corrected chi connectivity index (χ3v) is 3.65. The first-order valence-electron chi connectivity index (χ1n) is 6.84. The molecule has 1 aliphatic carbocycles. The molecule has 0 bridgehead atoms. The Balaban J connectivity index is 2.67. The molecule has 18 heavy (non-hydrogen) atoms. The van der Waals surface area contributed by atoms with Gasteiger partial charge in [0.15, 0.2) is 0 Å². The number of nitrogens with zero attached hydrogens (tertiary/aromatic N) is 2. The Morgan fingerprint density at radius 3 is 2.67 bits per heavy atom. The van der Waals surface area contributed by atoms with Crippen LogP contribution in [0.3, 0.4) is 0 Å². The Labute approximate surface area is 110 Å². The third-order valence-electron chi connectivity index (χ3n) is 3.65. The van der Waals surface area contributed by atoms with Gasteiger partial charge in [0, 0.05) is 19.7 Å². The van der Waals surface area contributed by atoms with Crippen molar-refractivity contribution in [3.8, 4) is 6.07 Å². The Morgan fingerprint density at radius 1 is 1.56 bits per heavy atom. The van der Waals surface area contributed by atoms with E-state index < -0.39 is 5.92 Å². The summed E-state index contributed by atoms with van der Waals surface area (Å²) in [6.07, 6.45) is 3.90. The number of rotatable bonds is 8. The molecule has 4 heteroatoms. The number of methoxy groups -OCH3 is 1. The number of amides is 1. The van der Waals surface area contributed by atoms with E-state index in [9.17, 15) is 4.79 Å². The first kappa shape index (κ1) is 15.0. The summed E-state index contributed by atoms with van der Waals surface area (Å²) in [5.74, 6) is 0.107. The molecule has 4 nitrogen and oxygen atoms in total. The van der Waals surface area contributed by atoms with Crippen molar-refractivity contribution < 1.29 is 9.53 Å². The van der Waals surface area contributed by atoms with Crippen molar-refractivity contribution in [3.63, 3.8) is 0 Å². The molecule has 0 heterocycles. The molecule has 0 aliphatic heterocycles. The minimum atomic E-state index is -0.493. The number of nitriles is 1. The highest BCUT2D eigenvalue weighted by Crippen LogP contribution is 2.35. The zero-order valence-corrected chi connectivity index (χ0v) is 11.7. The minimum Gasteiger partial charge on any atom is -0.383 e. The van der Waals surface area contributed by atoms with Gasteiger partial charge in [0.2, 0.25) is 5.91 Å². The van der Waals surface area contributed by atoms with Crippen molar-refractivity contribution in [1.82, 2.24) is 4.90 Å². The van der Waals surface area contributed by atoms with Gasteiger partial charge in [0.25, 0.3) is 0 Å². The van der Waals surface area contributed by atoms with Crippen LogP contribution in [0.1, 0.15) is 39.5 Å². The van der Waals surface area contributed by atoms with Gasteiger partial charge in [-0.2, -0.15) is 5.26 Å². The standard InChI is InChI=1S/C14H24N2O2/c1-4-5-13(10-15)14(17)16(8-9-18-3)11(2)12-6-7-12/h11-13H,4-9H2,1-3H3. The summed E-state index contributed by atoms with van der Waals surface area (Å²) >= 11 is 0. The number of ether oxygens (including phenoxy) is 1. The van der Waals surface area contributed by atoms with Crippen LogP contribution in [0.25, 0.3) is 0 Å². The van der Waals surface area contributed by atoms with Crippen molar-refractivity contribution in [1.29, 1.82) is 5.26 Å². The number of carbonyl (C=O) groups is 1. The monoisotopic (exact) mass is 252 g/mol. The van der Waals surface area contributed by atoms with E-state index in [2.05, 4.69) is 13.0 Å². The summed E-state index contributed by atoms with van der Waals surface area (Å²) in [6.45, 7) is 5.22. The summed E-state index contributed by atoms with van der Waals surface area (Å²) in [5, 5.41) is 9.11.